The predicted octanol–water partition coefficient (Wildman–Crippen LogP) is 5.55. The van der Waals surface area contributed by atoms with E-state index in [1.165, 1.54) is 28.8 Å². The SMILES string of the molecule is CN(C)c1ccc([C@H]2C[C@]3(C)[C@@H](CCC[C@]3(O)CCCO)[C@@H]3CCC4=CC(=O)CCC4=C32)cc1. The van der Waals surface area contributed by atoms with E-state index in [2.05, 4.69) is 50.2 Å². The van der Waals surface area contributed by atoms with Gasteiger partial charge in [0.25, 0.3) is 0 Å². The average molecular weight is 464 g/mol. The summed E-state index contributed by atoms with van der Waals surface area (Å²) in [5.74, 6) is 1.48. The highest BCUT2D eigenvalue weighted by atomic mass is 16.3. The molecular weight excluding hydrogens is 422 g/mol. The van der Waals surface area contributed by atoms with Gasteiger partial charge in [0, 0.05) is 44.1 Å². The number of ketones is 1. The Bertz CT molecular complexity index is 1010. The second-order valence-corrected chi connectivity index (χ2v) is 11.7. The lowest BCUT2D eigenvalue weighted by Gasteiger charge is -2.62. The van der Waals surface area contributed by atoms with Crippen molar-refractivity contribution in [2.24, 2.45) is 17.3 Å². The minimum Gasteiger partial charge on any atom is -0.396 e. The lowest BCUT2D eigenvalue weighted by atomic mass is 9.44. The first-order valence-electron chi connectivity index (χ1n) is 13.3. The zero-order valence-electron chi connectivity index (χ0n) is 21.1. The van der Waals surface area contributed by atoms with E-state index in [0.717, 1.165) is 38.5 Å². The monoisotopic (exact) mass is 463 g/mol. The summed E-state index contributed by atoms with van der Waals surface area (Å²) in [7, 11) is 4.14. The Labute approximate surface area is 204 Å². The summed E-state index contributed by atoms with van der Waals surface area (Å²) in [4.78, 5) is 14.4. The molecule has 0 bridgehead atoms. The zero-order chi connectivity index (χ0) is 24.1. The third-order valence-electron chi connectivity index (χ3n) is 9.85. The fourth-order valence-electron chi connectivity index (χ4n) is 8.06. The van der Waals surface area contributed by atoms with Crippen LogP contribution < -0.4 is 4.90 Å². The summed E-state index contributed by atoms with van der Waals surface area (Å²) < 4.78 is 0. The molecule has 2 N–H and O–H groups in total. The highest BCUT2D eigenvalue weighted by Crippen LogP contribution is 2.66. The summed E-state index contributed by atoms with van der Waals surface area (Å²) in [6.07, 6.45) is 10.9. The van der Waals surface area contributed by atoms with E-state index < -0.39 is 5.60 Å². The Kier molecular flexibility index (Phi) is 6.27. The number of hydrogen-bond acceptors (Lipinski definition) is 4. The van der Waals surface area contributed by atoms with E-state index in [9.17, 15) is 15.0 Å². The molecule has 0 aromatic heterocycles. The lowest BCUT2D eigenvalue weighted by molar-refractivity contribution is -0.168. The van der Waals surface area contributed by atoms with Crippen molar-refractivity contribution in [1.29, 1.82) is 0 Å². The molecule has 4 aliphatic rings. The van der Waals surface area contributed by atoms with Gasteiger partial charge in [-0.1, -0.05) is 31.1 Å². The van der Waals surface area contributed by atoms with Crippen LogP contribution in [0.3, 0.4) is 0 Å². The van der Waals surface area contributed by atoms with Crippen molar-refractivity contribution < 1.29 is 15.0 Å². The second kappa shape index (κ2) is 8.95. The zero-order valence-corrected chi connectivity index (χ0v) is 21.1. The molecule has 34 heavy (non-hydrogen) atoms. The van der Waals surface area contributed by atoms with Crippen molar-refractivity contribution in [2.75, 3.05) is 25.6 Å². The molecule has 0 saturated heterocycles. The number of nitrogens with zero attached hydrogens (tertiary/aromatic N) is 1. The van der Waals surface area contributed by atoms with Crippen LogP contribution in [0.15, 0.2) is 47.1 Å². The smallest absolute Gasteiger partial charge is 0.156 e. The first-order valence-corrected chi connectivity index (χ1v) is 13.3. The standard InChI is InChI=1S/C30H41NO3/c1-29-19-26(20-7-10-22(11-8-20)31(2)3)28-24-14-12-23(33)18-21(24)9-13-25(28)27(29)6-4-15-30(29,34)16-5-17-32/h7-8,10-11,18,25-27,32,34H,4-6,9,12-17,19H2,1-3H3/t25-,26+,27-,29+,30-/m0/s1. The number of aliphatic hydroxyl groups is 2. The van der Waals surface area contributed by atoms with Crippen LogP contribution in [0.4, 0.5) is 5.69 Å². The van der Waals surface area contributed by atoms with E-state index in [-0.39, 0.29) is 23.7 Å². The summed E-state index contributed by atoms with van der Waals surface area (Å²) in [5.41, 5.74) is 5.96. The summed E-state index contributed by atoms with van der Waals surface area (Å²) in [6.45, 7) is 2.49. The summed E-state index contributed by atoms with van der Waals surface area (Å²) in [6, 6.07) is 9.01. The molecule has 1 aromatic carbocycles. The fourth-order valence-corrected chi connectivity index (χ4v) is 8.06. The van der Waals surface area contributed by atoms with E-state index in [1.807, 2.05) is 6.08 Å². The van der Waals surface area contributed by atoms with Gasteiger partial charge in [0.2, 0.25) is 0 Å². The Morgan fingerprint density at radius 2 is 1.85 bits per heavy atom. The van der Waals surface area contributed by atoms with E-state index in [4.69, 9.17) is 0 Å². The highest BCUT2D eigenvalue weighted by Gasteiger charge is 2.60. The molecule has 2 saturated carbocycles. The largest absolute Gasteiger partial charge is 0.396 e. The predicted molar refractivity (Wildman–Crippen MR) is 137 cm³/mol. The molecule has 0 unspecified atom stereocenters. The van der Waals surface area contributed by atoms with Crippen LogP contribution in [0.25, 0.3) is 0 Å². The molecule has 4 heteroatoms. The summed E-state index contributed by atoms with van der Waals surface area (Å²) in [5, 5.41) is 21.7. The molecule has 0 spiro atoms. The maximum Gasteiger partial charge on any atom is 0.156 e. The second-order valence-electron chi connectivity index (χ2n) is 11.7. The van der Waals surface area contributed by atoms with Crippen LogP contribution in [-0.4, -0.2) is 42.3 Å². The molecular formula is C30H41NO3. The molecule has 0 amide bonds. The third-order valence-corrected chi connectivity index (χ3v) is 9.85. The molecule has 2 fully saturated rings. The molecule has 4 aliphatic carbocycles. The van der Waals surface area contributed by atoms with Gasteiger partial charge in [-0.15, -0.1) is 0 Å². The van der Waals surface area contributed by atoms with Gasteiger partial charge in [0.05, 0.1) is 5.60 Å². The average Bonchev–Trinajstić information content (AvgIpc) is 2.83. The molecule has 0 radical (unpaired) electrons. The van der Waals surface area contributed by atoms with Crippen molar-refractivity contribution in [3.05, 3.63) is 52.6 Å². The summed E-state index contributed by atoms with van der Waals surface area (Å²) >= 11 is 0. The molecule has 184 valence electrons. The number of anilines is 1. The number of benzene rings is 1. The Balaban J connectivity index is 1.64. The van der Waals surface area contributed by atoms with Crippen molar-refractivity contribution in [2.45, 2.75) is 82.7 Å². The van der Waals surface area contributed by atoms with Crippen LogP contribution >= 0.6 is 0 Å². The van der Waals surface area contributed by atoms with Gasteiger partial charge in [-0.25, -0.2) is 0 Å². The van der Waals surface area contributed by atoms with Crippen LogP contribution in [-0.2, 0) is 4.79 Å². The Hall–Kier alpha value is -1.91. The van der Waals surface area contributed by atoms with E-state index >= 15 is 0 Å². The Morgan fingerprint density at radius 1 is 1.09 bits per heavy atom. The van der Waals surface area contributed by atoms with Crippen LogP contribution in [0.5, 0.6) is 0 Å². The van der Waals surface area contributed by atoms with Crippen LogP contribution in [0.2, 0.25) is 0 Å². The first kappa shape index (κ1) is 23.8. The molecule has 0 heterocycles. The minimum absolute atomic E-state index is 0.138. The van der Waals surface area contributed by atoms with Gasteiger partial charge < -0.3 is 15.1 Å². The maximum absolute atomic E-state index is 12.2. The van der Waals surface area contributed by atoms with Crippen molar-refractivity contribution in [3.63, 3.8) is 0 Å². The van der Waals surface area contributed by atoms with Crippen molar-refractivity contribution in [3.8, 4) is 0 Å². The van der Waals surface area contributed by atoms with Gasteiger partial charge in [0.15, 0.2) is 5.78 Å². The maximum atomic E-state index is 12.2. The van der Waals surface area contributed by atoms with E-state index in [1.54, 1.807) is 5.57 Å². The van der Waals surface area contributed by atoms with Gasteiger partial charge in [-0.3, -0.25) is 4.79 Å². The Morgan fingerprint density at radius 3 is 2.56 bits per heavy atom. The molecule has 5 atom stereocenters. The van der Waals surface area contributed by atoms with Gasteiger partial charge in [-0.05, 0) is 98.1 Å². The number of hydrogen-bond donors (Lipinski definition) is 2. The third kappa shape index (κ3) is 3.78. The number of carbonyl (C=O) groups is 1. The number of carbonyl (C=O) groups excluding carboxylic acids is 1. The number of aliphatic hydroxyl groups excluding tert-OH is 1. The van der Waals surface area contributed by atoms with Gasteiger partial charge >= 0.3 is 0 Å². The fraction of sp³-hybridized carbons (Fsp3) is 0.633. The van der Waals surface area contributed by atoms with Crippen molar-refractivity contribution in [1.82, 2.24) is 0 Å². The highest BCUT2D eigenvalue weighted by molar-refractivity contribution is 5.93. The lowest BCUT2D eigenvalue weighted by Crippen LogP contribution is -2.59. The van der Waals surface area contributed by atoms with Gasteiger partial charge in [0.1, 0.15) is 0 Å². The normalized spacial score (nSPS) is 35.3. The molecule has 4 nitrogen and oxygen atoms in total. The van der Waals surface area contributed by atoms with Gasteiger partial charge in [-0.2, -0.15) is 0 Å². The number of allylic oxidation sites excluding steroid dienone is 4. The van der Waals surface area contributed by atoms with Crippen LogP contribution in [0.1, 0.15) is 82.6 Å². The molecule has 5 rings (SSSR count). The van der Waals surface area contributed by atoms with Crippen molar-refractivity contribution >= 4 is 11.5 Å². The molecule has 0 aliphatic heterocycles. The van der Waals surface area contributed by atoms with Crippen LogP contribution in [0, 0.1) is 17.3 Å². The minimum atomic E-state index is -0.727. The quantitative estimate of drug-likeness (QED) is 0.601. The number of fused-ring (bicyclic) bond motifs is 4. The topological polar surface area (TPSA) is 60.8 Å². The van der Waals surface area contributed by atoms with E-state index in [0.29, 0.717) is 31.1 Å². The molecule has 1 aromatic rings. The number of rotatable bonds is 5. The first-order chi connectivity index (χ1) is 16.3.